The molecule has 0 spiro atoms. The molecular weight excluding hydrogens is 374 g/mol. The van der Waals surface area contributed by atoms with Crippen LogP contribution in [0.4, 0.5) is 5.95 Å². The predicted octanol–water partition coefficient (Wildman–Crippen LogP) is 4.01. The molecule has 2 unspecified atom stereocenters. The number of thiophene rings is 1. The Kier molecular flexibility index (Phi) is 5.17. The Morgan fingerprint density at radius 3 is 2.75 bits per heavy atom. The number of carbonyl (C=O) groups is 2. The second-order valence-electron chi connectivity index (χ2n) is 6.80. The van der Waals surface area contributed by atoms with Gasteiger partial charge in [0.1, 0.15) is 0 Å². The van der Waals surface area contributed by atoms with E-state index in [1.165, 1.54) is 11.3 Å². The van der Waals surface area contributed by atoms with Crippen LogP contribution >= 0.6 is 11.3 Å². The van der Waals surface area contributed by atoms with Crippen molar-refractivity contribution in [3.05, 3.63) is 46.7 Å². The summed E-state index contributed by atoms with van der Waals surface area (Å²) in [5, 5.41) is 1.96. The Labute approximate surface area is 167 Å². The summed E-state index contributed by atoms with van der Waals surface area (Å²) in [5.41, 5.74) is 1.73. The zero-order chi connectivity index (χ0) is 19.7. The SMILES string of the molecule is CCCCN1C(=O)C(C(=O)OCC)C(c2cccs2)n2c1nc1ccccc12. The van der Waals surface area contributed by atoms with Gasteiger partial charge < -0.3 is 4.74 Å². The van der Waals surface area contributed by atoms with Crippen LogP contribution < -0.4 is 4.90 Å². The number of carbonyl (C=O) groups excluding carboxylic acids is 2. The molecule has 0 saturated carbocycles. The van der Waals surface area contributed by atoms with Crippen molar-refractivity contribution in [3.63, 3.8) is 0 Å². The number of fused-ring (bicyclic) bond motifs is 3. The van der Waals surface area contributed by atoms with Crippen LogP contribution in [0.15, 0.2) is 41.8 Å². The van der Waals surface area contributed by atoms with Gasteiger partial charge in [-0.15, -0.1) is 11.3 Å². The van der Waals surface area contributed by atoms with Gasteiger partial charge in [0.25, 0.3) is 0 Å². The lowest BCUT2D eigenvalue weighted by molar-refractivity contribution is -0.153. The van der Waals surface area contributed by atoms with E-state index in [9.17, 15) is 9.59 Å². The fourth-order valence-electron chi connectivity index (χ4n) is 3.79. The minimum atomic E-state index is -0.916. The van der Waals surface area contributed by atoms with Gasteiger partial charge in [0, 0.05) is 11.4 Å². The first-order chi connectivity index (χ1) is 13.7. The number of unbranched alkanes of at least 4 members (excludes halogenated alkanes) is 1. The molecule has 0 aliphatic carbocycles. The number of hydrogen-bond donors (Lipinski definition) is 0. The van der Waals surface area contributed by atoms with E-state index >= 15 is 0 Å². The largest absolute Gasteiger partial charge is 0.465 e. The normalized spacial score (nSPS) is 19.1. The Morgan fingerprint density at radius 2 is 2.04 bits per heavy atom. The number of para-hydroxylation sites is 2. The molecule has 1 aliphatic rings. The van der Waals surface area contributed by atoms with E-state index in [0.29, 0.717) is 12.5 Å². The summed E-state index contributed by atoms with van der Waals surface area (Å²) in [5.74, 6) is -1.01. The van der Waals surface area contributed by atoms with Gasteiger partial charge in [-0.3, -0.25) is 19.1 Å². The summed E-state index contributed by atoms with van der Waals surface area (Å²) in [6, 6.07) is 11.3. The van der Waals surface area contributed by atoms with E-state index in [2.05, 4.69) is 6.92 Å². The summed E-state index contributed by atoms with van der Waals surface area (Å²) in [6.45, 7) is 4.62. The quantitative estimate of drug-likeness (QED) is 0.466. The lowest BCUT2D eigenvalue weighted by Crippen LogP contribution is -2.50. The topological polar surface area (TPSA) is 64.4 Å². The Morgan fingerprint density at radius 1 is 1.21 bits per heavy atom. The second kappa shape index (κ2) is 7.75. The summed E-state index contributed by atoms with van der Waals surface area (Å²) in [6.07, 6.45) is 1.79. The standard InChI is InChI=1S/C21H23N3O3S/c1-3-5-12-23-19(25)17(20(26)27-4-2)18(16-11-8-13-28-16)24-15-10-7-6-9-14(15)22-21(23)24/h6-11,13,17-18H,3-5,12H2,1-2H3. The number of esters is 1. The maximum Gasteiger partial charge on any atom is 0.321 e. The molecule has 0 bridgehead atoms. The monoisotopic (exact) mass is 397 g/mol. The third-order valence-electron chi connectivity index (χ3n) is 5.06. The first-order valence-corrected chi connectivity index (χ1v) is 10.5. The van der Waals surface area contributed by atoms with Gasteiger partial charge in [-0.1, -0.05) is 31.5 Å². The molecule has 0 radical (unpaired) electrons. The van der Waals surface area contributed by atoms with Crippen molar-refractivity contribution in [1.29, 1.82) is 0 Å². The lowest BCUT2D eigenvalue weighted by atomic mass is 9.94. The molecule has 28 heavy (non-hydrogen) atoms. The fourth-order valence-corrected chi connectivity index (χ4v) is 4.64. The predicted molar refractivity (Wildman–Crippen MR) is 110 cm³/mol. The maximum atomic E-state index is 13.5. The molecule has 7 heteroatoms. The van der Waals surface area contributed by atoms with Crippen molar-refractivity contribution in [1.82, 2.24) is 9.55 Å². The zero-order valence-electron chi connectivity index (χ0n) is 16.0. The highest BCUT2D eigenvalue weighted by Crippen LogP contribution is 2.42. The molecule has 2 atom stereocenters. The van der Waals surface area contributed by atoms with E-state index in [-0.39, 0.29) is 12.5 Å². The summed E-state index contributed by atoms with van der Waals surface area (Å²) in [4.78, 5) is 33.7. The number of ether oxygens (including phenoxy) is 1. The Bertz CT molecular complexity index is 996. The summed E-state index contributed by atoms with van der Waals surface area (Å²) < 4.78 is 7.36. The highest BCUT2D eigenvalue weighted by molar-refractivity contribution is 7.10. The van der Waals surface area contributed by atoms with Crippen LogP contribution in [0.5, 0.6) is 0 Å². The van der Waals surface area contributed by atoms with E-state index in [4.69, 9.17) is 9.72 Å². The van der Waals surface area contributed by atoms with Crippen molar-refractivity contribution in [2.45, 2.75) is 32.7 Å². The van der Waals surface area contributed by atoms with Crippen LogP contribution in [0.1, 0.15) is 37.6 Å². The molecule has 1 aromatic carbocycles. The number of anilines is 1. The molecular formula is C21H23N3O3S. The van der Waals surface area contributed by atoms with Gasteiger partial charge >= 0.3 is 5.97 Å². The Balaban J connectivity index is 1.95. The van der Waals surface area contributed by atoms with Crippen molar-refractivity contribution in [3.8, 4) is 0 Å². The average molecular weight is 398 g/mol. The molecule has 3 heterocycles. The van der Waals surface area contributed by atoms with Crippen molar-refractivity contribution < 1.29 is 14.3 Å². The number of benzene rings is 1. The van der Waals surface area contributed by atoms with Gasteiger partial charge in [-0.05, 0) is 36.9 Å². The number of rotatable bonds is 6. The molecule has 1 amide bonds. The summed E-state index contributed by atoms with van der Waals surface area (Å²) in [7, 11) is 0. The van der Waals surface area contributed by atoms with E-state index < -0.39 is 17.9 Å². The van der Waals surface area contributed by atoms with Crippen LogP contribution in [0.2, 0.25) is 0 Å². The fraction of sp³-hybridized carbons (Fsp3) is 0.381. The minimum absolute atomic E-state index is 0.229. The van der Waals surface area contributed by atoms with Gasteiger partial charge in [-0.25, -0.2) is 4.98 Å². The third-order valence-corrected chi connectivity index (χ3v) is 6.00. The van der Waals surface area contributed by atoms with Crippen LogP contribution in [-0.4, -0.2) is 34.6 Å². The van der Waals surface area contributed by atoms with Gasteiger partial charge in [0.2, 0.25) is 11.9 Å². The smallest absolute Gasteiger partial charge is 0.321 e. The molecule has 0 saturated heterocycles. The van der Waals surface area contributed by atoms with E-state index in [1.54, 1.807) is 11.8 Å². The number of imidazole rings is 1. The van der Waals surface area contributed by atoms with Crippen molar-refractivity contribution in [2.24, 2.45) is 5.92 Å². The Hall–Kier alpha value is -2.67. The van der Waals surface area contributed by atoms with Crippen LogP contribution in [0.3, 0.4) is 0 Å². The number of nitrogens with zero attached hydrogens (tertiary/aromatic N) is 3. The maximum absolute atomic E-state index is 13.5. The highest BCUT2D eigenvalue weighted by Gasteiger charge is 2.48. The second-order valence-corrected chi connectivity index (χ2v) is 7.78. The molecule has 0 N–H and O–H groups in total. The highest BCUT2D eigenvalue weighted by atomic mass is 32.1. The molecule has 146 valence electrons. The van der Waals surface area contributed by atoms with E-state index in [1.807, 2.05) is 46.3 Å². The molecule has 3 aromatic rings. The van der Waals surface area contributed by atoms with Crippen molar-refractivity contribution in [2.75, 3.05) is 18.1 Å². The third kappa shape index (κ3) is 2.99. The first-order valence-electron chi connectivity index (χ1n) is 9.65. The number of aromatic nitrogens is 2. The number of hydrogen-bond acceptors (Lipinski definition) is 5. The van der Waals surface area contributed by atoms with Crippen LogP contribution in [0, 0.1) is 5.92 Å². The zero-order valence-corrected chi connectivity index (χ0v) is 16.8. The molecule has 2 aromatic heterocycles. The lowest BCUT2D eigenvalue weighted by Gasteiger charge is -2.37. The van der Waals surface area contributed by atoms with Gasteiger partial charge in [-0.2, -0.15) is 0 Å². The minimum Gasteiger partial charge on any atom is -0.465 e. The first kappa shape index (κ1) is 18.7. The summed E-state index contributed by atoms with van der Waals surface area (Å²) >= 11 is 1.54. The average Bonchev–Trinajstić information content (AvgIpc) is 3.34. The number of amides is 1. The van der Waals surface area contributed by atoms with Gasteiger partial charge in [0.15, 0.2) is 5.92 Å². The van der Waals surface area contributed by atoms with Crippen molar-refractivity contribution >= 4 is 40.2 Å². The van der Waals surface area contributed by atoms with Crippen LogP contribution in [-0.2, 0) is 14.3 Å². The van der Waals surface area contributed by atoms with Crippen LogP contribution in [0.25, 0.3) is 11.0 Å². The van der Waals surface area contributed by atoms with E-state index in [0.717, 1.165) is 28.8 Å². The molecule has 0 fully saturated rings. The molecule has 4 rings (SSSR count). The molecule has 6 nitrogen and oxygen atoms in total. The van der Waals surface area contributed by atoms with Gasteiger partial charge in [0.05, 0.1) is 23.7 Å². The molecule has 1 aliphatic heterocycles.